The van der Waals surface area contributed by atoms with E-state index in [-0.39, 0.29) is 11.5 Å². The van der Waals surface area contributed by atoms with Gasteiger partial charge in [-0.1, -0.05) is 31.2 Å². The van der Waals surface area contributed by atoms with Crippen LogP contribution in [0.25, 0.3) is 10.8 Å². The molecule has 0 amide bonds. The van der Waals surface area contributed by atoms with Crippen molar-refractivity contribution >= 4 is 20.6 Å². The lowest BCUT2D eigenvalue weighted by molar-refractivity contribution is 0.592. The van der Waals surface area contributed by atoms with Gasteiger partial charge in [-0.25, -0.2) is 8.42 Å². The van der Waals surface area contributed by atoms with Gasteiger partial charge < -0.3 is 5.32 Å². The number of hydrogen-bond acceptors (Lipinski definition) is 4. The van der Waals surface area contributed by atoms with Crippen molar-refractivity contribution in [2.75, 3.05) is 18.1 Å². The van der Waals surface area contributed by atoms with Gasteiger partial charge in [0.15, 0.2) is 9.84 Å². The molecule has 0 saturated heterocycles. The summed E-state index contributed by atoms with van der Waals surface area (Å²) in [5, 5.41) is 5.42. The van der Waals surface area contributed by atoms with E-state index in [0.29, 0.717) is 13.1 Å². The first-order valence-electron chi connectivity index (χ1n) is 6.35. The maximum absolute atomic E-state index is 11.4. The molecule has 102 valence electrons. The molecule has 1 N–H and O–H groups in total. The highest BCUT2D eigenvalue weighted by Crippen LogP contribution is 2.16. The largest absolute Gasteiger partial charge is 0.312 e. The molecule has 1 heterocycles. The highest BCUT2D eigenvalue weighted by atomic mass is 32.2. The second-order valence-corrected chi connectivity index (χ2v) is 6.91. The summed E-state index contributed by atoms with van der Waals surface area (Å²) in [4.78, 5) is 4.20. The minimum absolute atomic E-state index is 0.182. The van der Waals surface area contributed by atoms with Crippen molar-refractivity contribution in [3.05, 3.63) is 42.2 Å². The van der Waals surface area contributed by atoms with Crippen LogP contribution in [0.1, 0.15) is 12.5 Å². The van der Waals surface area contributed by atoms with Gasteiger partial charge >= 0.3 is 0 Å². The summed E-state index contributed by atoms with van der Waals surface area (Å²) in [6.07, 6.45) is 3.66. The lowest BCUT2D eigenvalue weighted by atomic mass is 10.1. The average Bonchev–Trinajstić information content (AvgIpc) is 2.44. The molecule has 0 aliphatic carbocycles. The number of aromatic nitrogens is 1. The Hall–Kier alpha value is -1.46. The molecule has 0 aliphatic heterocycles. The van der Waals surface area contributed by atoms with Crippen LogP contribution >= 0.6 is 0 Å². The van der Waals surface area contributed by atoms with E-state index in [1.807, 2.05) is 30.6 Å². The van der Waals surface area contributed by atoms with Gasteiger partial charge in [0.2, 0.25) is 0 Å². The van der Waals surface area contributed by atoms with Crippen molar-refractivity contribution < 1.29 is 8.42 Å². The highest BCUT2D eigenvalue weighted by molar-refractivity contribution is 7.91. The summed E-state index contributed by atoms with van der Waals surface area (Å²) in [5.74, 6) is 0.381. The van der Waals surface area contributed by atoms with Crippen molar-refractivity contribution in [2.45, 2.75) is 13.5 Å². The van der Waals surface area contributed by atoms with Gasteiger partial charge in [-0.3, -0.25) is 4.98 Å². The summed E-state index contributed by atoms with van der Waals surface area (Å²) in [7, 11) is -2.89. The van der Waals surface area contributed by atoms with E-state index in [4.69, 9.17) is 0 Å². The molecular weight excluding hydrogens is 260 g/mol. The van der Waals surface area contributed by atoms with Crippen LogP contribution in [-0.4, -0.2) is 31.5 Å². The number of nitrogens with one attached hydrogen (secondary N) is 1. The van der Waals surface area contributed by atoms with Gasteiger partial charge in [0.25, 0.3) is 0 Å². The van der Waals surface area contributed by atoms with Gasteiger partial charge in [-0.05, 0) is 10.9 Å². The van der Waals surface area contributed by atoms with Crippen LogP contribution in [0.3, 0.4) is 0 Å². The average molecular weight is 278 g/mol. The number of benzene rings is 1. The zero-order valence-electron chi connectivity index (χ0n) is 11.0. The lowest BCUT2D eigenvalue weighted by Gasteiger charge is -2.07. The third kappa shape index (κ3) is 3.75. The number of rotatable bonds is 6. The van der Waals surface area contributed by atoms with Crippen molar-refractivity contribution in [1.29, 1.82) is 0 Å². The Morgan fingerprint density at radius 1 is 1.21 bits per heavy atom. The predicted octanol–water partition coefficient (Wildman–Crippen LogP) is 1.76. The predicted molar refractivity (Wildman–Crippen MR) is 77.8 cm³/mol. The van der Waals surface area contributed by atoms with Crippen LogP contribution < -0.4 is 5.32 Å². The third-order valence-corrected chi connectivity index (χ3v) is 4.80. The van der Waals surface area contributed by atoms with Crippen LogP contribution in [0.15, 0.2) is 36.7 Å². The van der Waals surface area contributed by atoms with Crippen molar-refractivity contribution in [3.8, 4) is 0 Å². The van der Waals surface area contributed by atoms with Crippen LogP contribution in [0.4, 0.5) is 0 Å². The Balaban J connectivity index is 1.99. The van der Waals surface area contributed by atoms with Gasteiger partial charge in [-0.2, -0.15) is 0 Å². The molecule has 0 radical (unpaired) electrons. The minimum atomic E-state index is -2.89. The summed E-state index contributed by atoms with van der Waals surface area (Å²) < 4.78 is 22.7. The molecule has 19 heavy (non-hydrogen) atoms. The molecule has 1 aromatic carbocycles. The van der Waals surface area contributed by atoms with Crippen molar-refractivity contribution in [1.82, 2.24) is 10.3 Å². The topological polar surface area (TPSA) is 59.1 Å². The Labute approximate surface area is 113 Å². The number of sulfone groups is 1. The molecule has 4 nitrogen and oxygen atoms in total. The first-order chi connectivity index (χ1) is 9.12. The maximum atomic E-state index is 11.4. The fraction of sp³-hybridized carbons (Fsp3) is 0.357. The SMILES string of the molecule is CCS(=O)(=O)CCNCc1cncc2ccccc12. The Morgan fingerprint density at radius 2 is 2.00 bits per heavy atom. The van der Waals surface area contributed by atoms with E-state index in [9.17, 15) is 8.42 Å². The van der Waals surface area contributed by atoms with Gasteiger partial charge in [-0.15, -0.1) is 0 Å². The molecule has 5 heteroatoms. The lowest BCUT2D eigenvalue weighted by Crippen LogP contribution is -2.23. The Bertz CT molecular complexity index is 648. The molecule has 0 spiro atoms. The van der Waals surface area contributed by atoms with E-state index in [1.54, 1.807) is 6.92 Å². The van der Waals surface area contributed by atoms with E-state index in [0.717, 1.165) is 16.3 Å². The summed E-state index contributed by atoms with van der Waals surface area (Å²) in [6.45, 7) is 2.77. The van der Waals surface area contributed by atoms with E-state index >= 15 is 0 Å². The van der Waals surface area contributed by atoms with Crippen LogP contribution in [-0.2, 0) is 16.4 Å². The normalized spacial score (nSPS) is 11.8. The molecule has 2 rings (SSSR count). The molecule has 0 saturated carbocycles. The van der Waals surface area contributed by atoms with Crippen molar-refractivity contribution in [3.63, 3.8) is 0 Å². The van der Waals surface area contributed by atoms with Crippen molar-refractivity contribution in [2.24, 2.45) is 0 Å². The number of fused-ring (bicyclic) bond motifs is 1. The quantitative estimate of drug-likeness (QED) is 0.818. The Kier molecular flexibility index (Phi) is 4.50. The fourth-order valence-electron chi connectivity index (χ4n) is 1.92. The van der Waals surface area contributed by atoms with Gasteiger partial charge in [0, 0.05) is 36.6 Å². The second kappa shape index (κ2) is 6.12. The van der Waals surface area contributed by atoms with Crippen LogP contribution in [0, 0.1) is 0 Å². The third-order valence-electron chi connectivity index (χ3n) is 3.10. The van der Waals surface area contributed by atoms with E-state index in [2.05, 4.69) is 16.4 Å². The number of nitrogens with zero attached hydrogens (tertiary/aromatic N) is 1. The zero-order valence-corrected chi connectivity index (χ0v) is 11.8. The zero-order chi connectivity index (χ0) is 13.7. The van der Waals surface area contributed by atoms with Crippen LogP contribution in [0.2, 0.25) is 0 Å². The highest BCUT2D eigenvalue weighted by Gasteiger charge is 2.06. The van der Waals surface area contributed by atoms with Gasteiger partial charge in [0.05, 0.1) is 5.75 Å². The van der Waals surface area contributed by atoms with E-state index in [1.165, 1.54) is 0 Å². The second-order valence-electron chi connectivity index (χ2n) is 4.43. The number of pyridine rings is 1. The Morgan fingerprint density at radius 3 is 2.79 bits per heavy atom. The first-order valence-corrected chi connectivity index (χ1v) is 8.17. The molecule has 0 unspecified atom stereocenters. The minimum Gasteiger partial charge on any atom is -0.312 e. The molecule has 0 aliphatic rings. The smallest absolute Gasteiger partial charge is 0.151 e. The monoisotopic (exact) mass is 278 g/mol. The summed E-state index contributed by atoms with van der Waals surface area (Å²) in [6, 6.07) is 8.05. The molecule has 2 aromatic rings. The molecule has 1 aromatic heterocycles. The molecule has 0 bridgehead atoms. The van der Waals surface area contributed by atoms with Crippen LogP contribution in [0.5, 0.6) is 0 Å². The van der Waals surface area contributed by atoms with E-state index < -0.39 is 9.84 Å². The number of hydrogen-bond donors (Lipinski definition) is 1. The summed E-state index contributed by atoms with van der Waals surface area (Å²) in [5.41, 5.74) is 1.09. The molecule has 0 atom stereocenters. The summed E-state index contributed by atoms with van der Waals surface area (Å²) >= 11 is 0. The molecular formula is C14H18N2O2S. The fourth-order valence-corrected chi connectivity index (χ4v) is 2.66. The standard InChI is InChI=1S/C14H18N2O2S/c1-2-19(17,18)8-7-15-10-13-11-16-9-12-5-3-4-6-14(12)13/h3-6,9,11,15H,2,7-8,10H2,1H3. The molecule has 0 fully saturated rings. The first kappa shape index (κ1) is 14.0. The maximum Gasteiger partial charge on any atom is 0.151 e. The van der Waals surface area contributed by atoms with Gasteiger partial charge in [0.1, 0.15) is 0 Å².